The Labute approximate surface area is 124 Å². The second-order valence-electron chi connectivity index (χ2n) is 5.52. The lowest BCUT2D eigenvalue weighted by molar-refractivity contribution is 0.0958. The maximum Gasteiger partial charge on any atom is 0.126 e. The summed E-state index contributed by atoms with van der Waals surface area (Å²) in [6, 6.07) is 6.36. The Kier molecular flexibility index (Phi) is 4.20. The molecule has 1 saturated heterocycles. The van der Waals surface area contributed by atoms with E-state index in [4.69, 9.17) is 4.74 Å². The van der Waals surface area contributed by atoms with E-state index >= 15 is 0 Å². The van der Waals surface area contributed by atoms with Gasteiger partial charge >= 0.3 is 0 Å². The number of H-pyrrole nitrogens is 1. The van der Waals surface area contributed by atoms with Gasteiger partial charge in [-0.05, 0) is 31.9 Å². The number of hydrogen-bond donors (Lipinski definition) is 1. The van der Waals surface area contributed by atoms with Crippen molar-refractivity contribution >= 4 is 0 Å². The third-order valence-electron chi connectivity index (χ3n) is 3.94. The van der Waals surface area contributed by atoms with Gasteiger partial charge in [-0.15, -0.1) is 0 Å². The molecule has 2 heterocycles. The summed E-state index contributed by atoms with van der Waals surface area (Å²) in [6.07, 6.45) is 3.83. The van der Waals surface area contributed by atoms with E-state index in [2.05, 4.69) is 14.9 Å². The van der Waals surface area contributed by atoms with Gasteiger partial charge in [0.25, 0.3) is 0 Å². The second kappa shape index (κ2) is 6.26. The molecule has 0 radical (unpaired) electrons. The summed E-state index contributed by atoms with van der Waals surface area (Å²) in [7, 11) is 0. The van der Waals surface area contributed by atoms with Gasteiger partial charge in [0, 0.05) is 31.4 Å². The van der Waals surface area contributed by atoms with Crippen LogP contribution in [0.4, 0.5) is 4.39 Å². The number of ether oxygens (including phenoxy) is 1. The van der Waals surface area contributed by atoms with Crippen molar-refractivity contribution in [3.05, 3.63) is 47.8 Å². The molecule has 1 aliphatic rings. The number of likely N-dealkylation sites (tertiary alicyclic amines) is 1. The van der Waals surface area contributed by atoms with Crippen LogP contribution in [0.1, 0.15) is 24.2 Å². The van der Waals surface area contributed by atoms with Gasteiger partial charge < -0.3 is 9.72 Å². The molecule has 1 N–H and O–H groups in total. The summed E-state index contributed by atoms with van der Waals surface area (Å²) >= 11 is 0. The molecule has 5 heteroatoms. The van der Waals surface area contributed by atoms with Crippen LogP contribution in [-0.4, -0.2) is 34.1 Å². The van der Waals surface area contributed by atoms with E-state index < -0.39 is 0 Å². The zero-order valence-corrected chi connectivity index (χ0v) is 12.2. The van der Waals surface area contributed by atoms with Crippen molar-refractivity contribution in [3.63, 3.8) is 0 Å². The van der Waals surface area contributed by atoms with E-state index in [9.17, 15) is 4.39 Å². The number of nitrogens with one attached hydrogen (secondary N) is 1. The number of benzene rings is 1. The minimum atomic E-state index is -0.251. The molecule has 0 bridgehead atoms. The van der Waals surface area contributed by atoms with Crippen LogP contribution >= 0.6 is 0 Å². The lowest BCUT2D eigenvalue weighted by atomic mass is 10.1. The van der Waals surface area contributed by atoms with E-state index in [1.165, 1.54) is 12.1 Å². The number of imidazole rings is 1. The zero-order chi connectivity index (χ0) is 14.7. The van der Waals surface area contributed by atoms with Crippen LogP contribution < -0.4 is 4.74 Å². The predicted molar refractivity (Wildman–Crippen MR) is 78.7 cm³/mol. The molecule has 0 unspecified atom stereocenters. The zero-order valence-electron chi connectivity index (χ0n) is 12.2. The molecule has 112 valence electrons. The van der Waals surface area contributed by atoms with Gasteiger partial charge in [0.2, 0.25) is 0 Å². The van der Waals surface area contributed by atoms with Crippen molar-refractivity contribution in [2.24, 2.45) is 0 Å². The first kappa shape index (κ1) is 14.1. The average Bonchev–Trinajstić information content (AvgIpc) is 2.87. The van der Waals surface area contributed by atoms with Crippen LogP contribution in [0.3, 0.4) is 0 Å². The van der Waals surface area contributed by atoms with Gasteiger partial charge in [-0.3, -0.25) is 4.90 Å². The standard InChI is InChI=1S/C16H20FN3O/c1-12-16(19-11-18-12)10-20-7-5-14(6-8-20)21-15-4-2-3-13(17)9-15/h2-4,9,11,14H,5-8,10H2,1H3,(H,18,19). The first-order valence-electron chi connectivity index (χ1n) is 7.34. The van der Waals surface area contributed by atoms with Crippen LogP contribution in [0.25, 0.3) is 0 Å². The second-order valence-corrected chi connectivity index (χ2v) is 5.52. The fraction of sp³-hybridized carbons (Fsp3) is 0.438. The summed E-state index contributed by atoms with van der Waals surface area (Å²) < 4.78 is 19.0. The highest BCUT2D eigenvalue weighted by molar-refractivity contribution is 5.22. The minimum Gasteiger partial charge on any atom is -0.490 e. The van der Waals surface area contributed by atoms with Crippen LogP contribution in [0.5, 0.6) is 5.75 Å². The van der Waals surface area contributed by atoms with Crippen LogP contribution in [0.2, 0.25) is 0 Å². The number of aromatic nitrogens is 2. The smallest absolute Gasteiger partial charge is 0.126 e. The Morgan fingerprint density at radius 2 is 2.19 bits per heavy atom. The van der Waals surface area contributed by atoms with E-state index in [1.54, 1.807) is 12.4 Å². The average molecular weight is 289 g/mol. The highest BCUT2D eigenvalue weighted by Gasteiger charge is 2.21. The van der Waals surface area contributed by atoms with E-state index in [1.807, 2.05) is 13.0 Å². The van der Waals surface area contributed by atoms with Crippen molar-refractivity contribution < 1.29 is 9.13 Å². The molecule has 1 fully saturated rings. The molecule has 1 aromatic heterocycles. The number of aromatic amines is 1. The molecule has 21 heavy (non-hydrogen) atoms. The molecular weight excluding hydrogens is 269 g/mol. The van der Waals surface area contributed by atoms with Crippen molar-refractivity contribution in [2.75, 3.05) is 13.1 Å². The number of rotatable bonds is 4. The summed E-state index contributed by atoms with van der Waals surface area (Å²) in [5.41, 5.74) is 2.24. The fourth-order valence-corrected chi connectivity index (χ4v) is 2.68. The molecule has 0 saturated carbocycles. The van der Waals surface area contributed by atoms with Crippen LogP contribution in [0.15, 0.2) is 30.6 Å². The molecule has 2 aromatic rings. The minimum absolute atomic E-state index is 0.170. The molecule has 0 aliphatic carbocycles. The largest absolute Gasteiger partial charge is 0.490 e. The molecule has 4 nitrogen and oxygen atoms in total. The van der Waals surface area contributed by atoms with E-state index in [0.717, 1.165) is 43.9 Å². The van der Waals surface area contributed by atoms with Gasteiger partial charge in [-0.25, -0.2) is 9.37 Å². The van der Waals surface area contributed by atoms with Gasteiger partial charge in [0.05, 0.1) is 12.0 Å². The molecule has 0 atom stereocenters. The lowest BCUT2D eigenvalue weighted by Gasteiger charge is -2.31. The predicted octanol–water partition coefficient (Wildman–Crippen LogP) is 2.90. The first-order chi connectivity index (χ1) is 10.2. The summed E-state index contributed by atoms with van der Waals surface area (Å²) in [4.78, 5) is 9.83. The summed E-state index contributed by atoms with van der Waals surface area (Å²) in [6.45, 7) is 4.88. The Hall–Kier alpha value is -1.88. The highest BCUT2D eigenvalue weighted by Crippen LogP contribution is 2.20. The Balaban J connectivity index is 1.50. The molecule has 0 spiro atoms. The number of piperidine rings is 1. The molecule has 3 rings (SSSR count). The van der Waals surface area contributed by atoms with Gasteiger partial charge in [-0.2, -0.15) is 0 Å². The maximum absolute atomic E-state index is 13.1. The Bertz CT molecular complexity index is 591. The first-order valence-corrected chi connectivity index (χ1v) is 7.34. The normalized spacial score (nSPS) is 17.0. The van der Waals surface area contributed by atoms with E-state index in [0.29, 0.717) is 5.75 Å². The van der Waals surface area contributed by atoms with Gasteiger partial charge in [0.1, 0.15) is 17.7 Å². The van der Waals surface area contributed by atoms with E-state index in [-0.39, 0.29) is 11.9 Å². The SMILES string of the molecule is Cc1[nH]cnc1CN1CCC(Oc2cccc(F)c2)CC1. The third-order valence-corrected chi connectivity index (χ3v) is 3.94. The number of nitrogens with zero attached hydrogens (tertiary/aromatic N) is 2. The fourth-order valence-electron chi connectivity index (χ4n) is 2.68. The van der Waals surface area contributed by atoms with Crippen molar-refractivity contribution in [1.29, 1.82) is 0 Å². The Morgan fingerprint density at radius 1 is 1.38 bits per heavy atom. The maximum atomic E-state index is 13.1. The topological polar surface area (TPSA) is 41.2 Å². The van der Waals surface area contributed by atoms with Crippen LogP contribution in [-0.2, 0) is 6.54 Å². The molecular formula is C16H20FN3O. The quantitative estimate of drug-likeness (QED) is 0.941. The Morgan fingerprint density at radius 3 is 2.86 bits per heavy atom. The van der Waals surface area contributed by atoms with Crippen LogP contribution in [0, 0.1) is 12.7 Å². The van der Waals surface area contributed by atoms with Crippen molar-refractivity contribution in [2.45, 2.75) is 32.4 Å². The molecule has 0 amide bonds. The van der Waals surface area contributed by atoms with Gasteiger partial charge in [-0.1, -0.05) is 6.07 Å². The van der Waals surface area contributed by atoms with Crippen molar-refractivity contribution in [1.82, 2.24) is 14.9 Å². The number of halogens is 1. The lowest BCUT2D eigenvalue weighted by Crippen LogP contribution is -2.38. The summed E-state index contributed by atoms with van der Waals surface area (Å²) in [5.74, 6) is 0.371. The molecule has 1 aliphatic heterocycles. The third kappa shape index (κ3) is 3.61. The number of aryl methyl sites for hydroxylation is 1. The summed E-state index contributed by atoms with van der Waals surface area (Å²) in [5, 5.41) is 0. The van der Waals surface area contributed by atoms with Crippen molar-refractivity contribution in [3.8, 4) is 5.75 Å². The molecule has 1 aromatic carbocycles. The number of hydrogen-bond acceptors (Lipinski definition) is 3. The monoisotopic (exact) mass is 289 g/mol. The van der Waals surface area contributed by atoms with Gasteiger partial charge in [0.15, 0.2) is 0 Å². The highest BCUT2D eigenvalue weighted by atomic mass is 19.1.